The van der Waals surface area contributed by atoms with Gasteiger partial charge >= 0.3 is 0 Å². The molecule has 0 aromatic heterocycles. The Labute approximate surface area is 137 Å². The highest BCUT2D eigenvalue weighted by molar-refractivity contribution is 5.74. The second-order valence-corrected chi connectivity index (χ2v) is 6.45. The minimum atomic E-state index is -0.316. The second-order valence-electron chi connectivity index (χ2n) is 6.45. The van der Waals surface area contributed by atoms with Gasteiger partial charge < -0.3 is 9.64 Å². The summed E-state index contributed by atoms with van der Waals surface area (Å²) in [4.78, 5) is 16.2. The van der Waals surface area contributed by atoms with Gasteiger partial charge in [-0.15, -0.1) is 0 Å². The summed E-state index contributed by atoms with van der Waals surface area (Å²) in [6, 6.07) is 7.27. The van der Waals surface area contributed by atoms with Gasteiger partial charge in [0.05, 0.1) is 0 Å². The van der Waals surface area contributed by atoms with Gasteiger partial charge in [0.25, 0.3) is 0 Å². The molecule has 2 unspecified atom stereocenters. The number of likely N-dealkylation sites (tertiary alicyclic amines) is 2. The van der Waals surface area contributed by atoms with E-state index in [-0.39, 0.29) is 11.7 Å². The van der Waals surface area contributed by atoms with Crippen molar-refractivity contribution in [1.82, 2.24) is 9.80 Å². The molecule has 2 heterocycles. The van der Waals surface area contributed by atoms with E-state index < -0.39 is 0 Å². The molecule has 1 aromatic carbocycles. The summed E-state index contributed by atoms with van der Waals surface area (Å²) < 4.78 is 19.2. The molecule has 126 valence electrons. The molecule has 0 bridgehead atoms. The van der Waals surface area contributed by atoms with E-state index in [0.717, 1.165) is 45.3 Å². The van der Waals surface area contributed by atoms with Gasteiger partial charge in [-0.2, -0.15) is 0 Å². The Morgan fingerprint density at radius 1 is 1.22 bits per heavy atom. The molecule has 2 fully saturated rings. The molecule has 3 rings (SSSR count). The summed E-state index contributed by atoms with van der Waals surface area (Å²) in [6.45, 7) is 4.84. The number of nitrogens with zero attached hydrogens (tertiary/aromatic N) is 2. The molecule has 23 heavy (non-hydrogen) atoms. The summed E-state index contributed by atoms with van der Waals surface area (Å²) in [6.07, 6.45) is 4.48. The summed E-state index contributed by atoms with van der Waals surface area (Å²) in [5.74, 6) is 0.181. The van der Waals surface area contributed by atoms with Crippen molar-refractivity contribution in [3.8, 4) is 5.75 Å². The van der Waals surface area contributed by atoms with Crippen molar-refractivity contribution in [2.75, 3.05) is 26.2 Å². The van der Waals surface area contributed by atoms with Crippen molar-refractivity contribution < 1.29 is 13.9 Å². The zero-order valence-electron chi connectivity index (χ0n) is 13.7. The Morgan fingerprint density at radius 2 is 1.96 bits per heavy atom. The number of hydrogen-bond donors (Lipinski definition) is 0. The number of halogens is 1. The minimum absolute atomic E-state index is 0.182. The highest BCUT2D eigenvalue weighted by Crippen LogP contribution is 2.30. The molecule has 2 aliphatic heterocycles. The predicted octanol–water partition coefficient (Wildman–Crippen LogP) is 2.68. The van der Waals surface area contributed by atoms with Crippen LogP contribution in [0.3, 0.4) is 0 Å². The van der Waals surface area contributed by atoms with Gasteiger partial charge in [-0.05, 0) is 44.4 Å². The number of carbonyl (C=O) groups excluding carboxylic acids is 1. The molecule has 0 aliphatic carbocycles. The van der Waals surface area contributed by atoms with E-state index in [4.69, 9.17) is 4.74 Å². The fourth-order valence-electron chi connectivity index (χ4n) is 3.98. The monoisotopic (exact) mass is 320 g/mol. The lowest BCUT2D eigenvalue weighted by atomic mass is 10.0. The van der Waals surface area contributed by atoms with E-state index in [9.17, 15) is 9.18 Å². The Morgan fingerprint density at radius 3 is 2.74 bits per heavy atom. The van der Waals surface area contributed by atoms with Crippen molar-refractivity contribution in [3.05, 3.63) is 30.1 Å². The molecule has 1 aromatic rings. The van der Waals surface area contributed by atoms with Crippen LogP contribution in [0.25, 0.3) is 0 Å². The lowest BCUT2D eigenvalue weighted by Gasteiger charge is -2.34. The average Bonchev–Trinajstić information content (AvgIpc) is 3.17. The number of amides is 1. The van der Waals surface area contributed by atoms with Crippen molar-refractivity contribution in [2.24, 2.45) is 0 Å². The number of hydrogen-bond acceptors (Lipinski definition) is 3. The van der Waals surface area contributed by atoms with Crippen molar-refractivity contribution in [3.63, 3.8) is 0 Å². The van der Waals surface area contributed by atoms with Gasteiger partial charge in [0, 0.05) is 32.1 Å². The molecule has 5 heteroatoms. The Hall–Kier alpha value is -1.62. The van der Waals surface area contributed by atoms with Gasteiger partial charge in [0.2, 0.25) is 5.91 Å². The first-order valence-corrected chi connectivity index (χ1v) is 8.55. The molecule has 0 N–H and O–H groups in total. The fraction of sp³-hybridized carbons (Fsp3) is 0.611. The van der Waals surface area contributed by atoms with E-state index in [1.165, 1.54) is 6.07 Å². The van der Waals surface area contributed by atoms with E-state index in [1.54, 1.807) is 25.1 Å². The van der Waals surface area contributed by atoms with Crippen LogP contribution in [-0.4, -0.2) is 54.0 Å². The first kappa shape index (κ1) is 16.2. The van der Waals surface area contributed by atoms with Crippen LogP contribution >= 0.6 is 0 Å². The molecule has 1 amide bonds. The van der Waals surface area contributed by atoms with Crippen LogP contribution in [0.2, 0.25) is 0 Å². The third kappa shape index (κ3) is 3.66. The third-order valence-corrected chi connectivity index (χ3v) is 5.03. The Kier molecular flexibility index (Phi) is 5.16. The van der Waals surface area contributed by atoms with Gasteiger partial charge in [-0.25, -0.2) is 4.39 Å². The Balaban J connectivity index is 1.55. The highest BCUT2D eigenvalue weighted by atomic mass is 19.1. The van der Waals surface area contributed by atoms with Gasteiger partial charge in [0.15, 0.2) is 11.6 Å². The first-order valence-electron chi connectivity index (χ1n) is 8.55. The van der Waals surface area contributed by atoms with E-state index in [1.807, 2.05) is 4.90 Å². The molecule has 2 saturated heterocycles. The predicted molar refractivity (Wildman–Crippen MR) is 86.9 cm³/mol. The quantitative estimate of drug-likeness (QED) is 0.836. The minimum Gasteiger partial charge on any atom is -0.489 e. The maximum absolute atomic E-state index is 13.6. The highest BCUT2D eigenvalue weighted by Gasteiger charge is 2.38. The molecule has 0 spiro atoms. The zero-order chi connectivity index (χ0) is 16.2. The lowest BCUT2D eigenvalue weighted by molar-refractivity contribution is -0.130. The van der Waals surface area contributed by atoms with Crippen LogP contribution in [0.15, 0.2) is 24.3 Å². The topological polar surface area (TPSA) is 32.8 Å². The Bertz CT molecular complexity index is 552. The summed E-state index contributed by atoms with van der Waals surface area (Å²) in [5, 5.41) is 0. The second kappa shape index (κ2) is 7.30. The summed E-state index contributed by atoms with van der Waals surface area (Å²) >= 11 is 0. The van der Waals surface area contributed by atoms with Crippen LogP contribution in [0, 0.1) is 5.82 Å². The molecule has 0 saturated carbocycles. The first-order chi connectivity index (χ1) is 11.2. The van der Waals surface area contributed by atoms with Crippen LogP contribution in [0.5, 0.6) is 5.75 Å². The molecule has 0 radical (unpaired) electrons. The number of ether oxygens (including phenoxy) is 1. The van der Waals surface area contributed by atoms with Gasteiger partial charge in [-0.1, -0.05) is 12.1 Å². The average molecular weight is 320 g/mol. The molecule has 4 nitrogen and oxygen atoms in total. The summed E-state index contributed by atoms with van der Waals surface area (Å²) in [5.41, 5.74) is 0. The van der Waals surface area contributed by atoms with Gasteiger partial charge in [-0.3, -0.25) is 9.69 Å². The fourth-order valence-corrected chi connectivity index (χ4v) is 3.98. The van der Waals surface area contributed by atoms with Gasteiger partial charge in [0.1, 0.15) is 6.61 Å². The standard InChI is InChI=1S/C18H25FN2O2/c1-14(22)21-11-5-8-17(21)16-7-4-10-20(16)12-13-23-18-9-3-2-6-15(18)19/h2-3,6,9,16-17H,4-5,7-8,10-13H2,1H3. The van der Waals surface area contributed by atoms with Crippen LogP contribution in [-0.2, 0) is 4.79 Å². The third-order valence-electron chi connectivity index (χ3n) is 5.03. The van der Waals surface area contributed by atoms with Crippen LogP contribution in [0.4, 0.5) is 4.39 Å². The zero-order valence-corrected chi connectivity index (χ0v) is 13.7. The maximum atomic E-state index is 13.6. The largest absolute Gasteiger partial charge is 0.489 e. The lowest BCUT2D eigenvalue weighted by Crippen LogP contribution is -2.48. The van der Waals surface area contributed by atoms with E-state index in [0.29, 0.717) is 24.4 Å². The molecule has 2 aliphatic rings. The van der Waals surface area contributed by atoms with Crippen molar-refractivity contribution in [1.29, 1.82) is 0 Å². The van der Waals surface area contributed by atoms with E-state index >= 15 is 0 Å². The van der Waals surface area contributed by atoms with Crippen molar-refractivity contribution in [2.45, 2.75) is 44.7 Å². The van der Waals surface area contributed by atoms with Crippen LogP contribution < -0.4 is 4.74 Å². The summed E-state index contributed by atoms with van der Waals surface area (Å²) in [7, 11) is 0. The number of carbonyl (C=O) groups is 1. The molecular weight excluding hydrogens is 295 g/mol. The smallest absolute Gasteiger partial charge is 0.219 e. The normalized spacial score (nSPS) is 25.0. The number of benzene rings is 1. The van der Waals surface area contributed by atoms with E-state index in [2.05, 4.69) is 4.90 Å². The van der Waals surface area contributed by atoms with Crippen molar-refractivity contribution >= 4 is 5.91 Å². The number of rotatable bonds is 5. The SMILES string of the molecule is CC(=O)N1CCCC1C1CCCN1CCOc1ccccc1F. The molecular formula is C18H25FN2O2. The van der Waals surface area contributed by atoms with Crippen LogP contribution in [0.1, 0.15) is 32.6 Å². The number of para-hydroxylation sites is 1. The molecule has 2 atom stereocenters. The maximum Gasteiger partial charge on any atom is 0.219 e.